The molecule has 2 rings (SSSR count). The first-order valence-corrected chi connectivity index (χ1v) is 7.19. The Morgan fingerprint density at radius 2 is 2.05 bits per heavy atom. The number of nitrogens with zero attached hydrogens (tertiary/aromatic N) is 1. The first-order chi connectivity index (χ1) is 10.1. The molecule has 0 saturated carbocycles. The molecule has 1 aromatic carbocycles. The largest absolute Gasteiger partial charge is 0.450 e. The Kier molecular flexibility index (Phi) is 4.96. The highest BCUT2D eigenvalue weighted by Gasteiger charge is 2.10. The summed E-state index contributed by atoms with van der Waals surface area (Å²) in [5, 5.41) is 11.8. The Hall–Kier alpha value is -2.32. The zero-order valence-electron chi connectivity index (χ0n) is 11.4. The van der Waals surface area contributed by atoms with Crippen LogP contribution in [0, 0.1) is 11.3 Å². The molecular weight excluding hydrogens is 332 g/mol. The van der Waals surface area contributed by atoms with Gasteiger partial charge in [0, 0.05) is 11.8 Å². The number of benzene rings is 1. The third-order valence-corrected chi connectivity index (χ3v) is 3.29. The smallest absolute Gasteiger partial charge is 0.266 e. The van der Waals surface area contributed by atoms with Gasteiger partial charge in [0.2, 0.25) is 0 Å². The molecule has 0 saturated heterocycles. The first kappa shape index (κ1) is 15.1. The molecule has 5 heteroatoms. The van der Waals surface area contributed by atoms with E-state index >= 15 is 0 Å². The minimum Gasteiger partial charge on any atom is -0.450 e. The van der Waals surface area contributed by atoms with Crippen molar-refractivity contribution in [3.8, 4) is 6.07 Å². The summed E-state index contributed by atoms with van der Waals surface area (Å²) in [5.74, 6) is -0.0239. The molecule has 21 heavy (non-hydrogen) atoms. The number of carbonyl (C=O) groups excluding carboxylic acids is 1. The number of anilines is 1. The summed E-state index contributed by atoms with van der Waals surface area (Å²) in [5.41, 5.74) is 1.82. The molecule has 0 aliphatic rings. The van der Waals surface area contributed by atoms with Gasteiger partial charge in [-0.05, 0) is 52.2 Å². The summed E-state index contributed by atoms with van der Waals surface area (Å²) in [6.45, 7) is 2.06. The van der Waals surface area contributed by atoms with Gasteiger partial charge in [-0.25, -0.2) is 0 Å². The van der Waals surface area contributed by atoms with E-state index < -0.39 is 5.91 Å². The van der Waals surface area contributed by atoms with E-state index in [9.17, 15) is 4.79 Å². The van der Waals surface area contributed by atoms with E-state index in [1.54, 1.807) is 12.1 Å². The average Bonchev–Trinajstić information content (AvgIpc) is 2.90. The molecule has 1 N–H and O–H groups in total. The zero-order chi connectivity index (χ0) is 15.2. The van der Waals surface area contributed by atoms with Gasteiger partial charge in [0.15, 0.2) is 4.67 Å². The van der Waals surface area contributed by atoms with E-state index in [1.165, 1.54) is 11.6 Å². The van der Waals surface area contributed by atoms with Crippen molar-refractivity contribution < 1.29 is 9.21 Å². The molecule has 2 aromatic rings. The molecule has 0 atom stereocenters. The third kappa shape index (κ3) is 4.07. The second-order valence-corrected chi connectivity index (χ2v) is 5.10. The lowest BCUT2D eigenvalue weighted by molar-refractivity contribution is -0.112. The number of hydrogen-bond donors (Lipinski definition) is 1. The van der Waals surface area contributed by atoms with Gasteiger partial charge in [-0.3, -0.25) is 4.79 Å². The van der Waals surface area contributed by atoms with Crippen LogP contribution in [0.3, 0.4) is 0 Å². The van der Waals surface area contributed by atoms with Gasteiger partial charge in [0.05, 0.1) is 0 Å². The fourth-order valence-electron chi connectivity index (χ4n) is 1.72. The Balaban J connectivity index is 2.13. The fraction of sp³-hybridized carbons (Fsp3) is 0.125. The van der Waals surface area contributed by atoms with Crippen LogP contribution in [0.15, 0.2) is 51.1 Å². The molecule has 0 spiro atoms. The number of halogens is 1. The summed E-state index contributed by atoms with van der Waals surface area (Å²) >= 11 is 3.17. The Bertz CT molecular complexity index is 709. The predicted molar refractivity (Wildman–Crippen MR) is 84.4 cm³/mol. The highest BCUT2D eigenvalue weighted by atomic mass is 79.9. The summed E-state index contributed by atoms with van der Waals surface area (Å²) in [7, 11) is 0. The van der Waals surface area contributed by atoms with Gasteiger partial charge in [-0.15, -0.1) is 0 Å². The number of hydrogen-bond acceptors (Lipinski definition) is 3. The van der Waals surface area contributed by atoms with E-state index in [2.05, 4.69) is 28.2 Å². The van der Waals surface area contributed by atoms with Crippen molar-refractivity contribution in [2.45, 2.75) is 13.3 Å². The Morgan fingerprint density at radius 3 is 2.57 bits per heavy atom. The number of rotatable bonds is 4. The number of aryl methyl sites for hydroxylation is 1. The molecule has 106 valence electrons. The Labute approximate surface area is 131 Å². The van der Waals surface area contributed by atoms with Gasteiger partial charge >= 0.3 is 0 Å². The van der Waals surface area contributed by atoms with Crippen molar-refractivity contribution in [2.24, 2.45) is 0 Å². The predicted octanol–water partition coefficient (Wildman–Crippen LogP) is 4.15. The fourth-order valence-corrected chi connectivity index (χ4v) is 2.04. The maximum atomic E-state index is 12.1. The molecule has 0 bridgehead atoms. The lowest BCUT2D eigenvalue weighted by Gasteiger charge is -2.04. The van der Waals surface area contributed by atoms with Crippen LogP contribution < -0.4 is 5.32 Å². The summed E-state index contributed by atoms with van der Waals surface area (Å²) in [6, 6.07) is 12.8. The van der Waals surface area contributed by atoms with E-state index in [0.29, 0.717) is 16.1 Å². The molecule has 4 nitrogen and oxygen atoms in total. The van der Waals surface area contributed by atoms with Crippen LogP contribution in [-0.2, 0) is 11.2 Å². The van der Waals surface area contributed by atoms with E-state index in [1.807, 2.05) is 30.3 Å². The van der Waals surface area contributed by atoms with Crippen molar-refractivity contribution in [3.63, 3.8) is 0 Å². The minimum atomic E-state index is -0.464. The van der Waals surface area contributed by atoms with Gasteiger partial charge in [-0.2, -0.15) is 5.26 Å². The molecule has 0 aliphatic carbocycles. The van der Waals surface area contributed by atoms with E-state index in [4.69, 9.17) is 9.68 Å². The minimum absolute atomic E-state index is 0.0172. The van der Waals surface area contributed by atoms with Crippen LogP contribution in [0.5, 0.6) is 0 Å². The lowest BCUT2D eigenvalue weighted by Crippen LogP contribution is -2.13. The summed E-state index contributed by atoms with van der Waals surface area (Å²) in [6.07, 6.45) is 2.34. The highest BCUT2D eigenvalue weighted by molar-refractivity contribution is 9.10. The summed E-state index contributed by atoms with van der Waals surface area (Å²) < 4.78 is 5.80. The van der Waals surface area contributed by atoms with Crippen LogP contribution in [-0.4, -0.2) is 5.91 Å². The van der Waals surface area contributed by atoms with Gasteiger partial charge in [0.1, 0.15) is 17.4 Å². The van der Waals surface area contributed by atoms with Crippen LogP contribution in [0.1, 0.15) is 18.2 Å². The molecule has 1 amide bonds. The molecule has 1 aromatic heterocycles. The van der Waals surface area contributed by atoms with Crippen molar-refractivity contribution in [1.82, 2.24) is 0 Å². The molecule has 0 unspecified atom stereocenters. The van der Waals surface area contributed by atoms with Gasteiger partial charge < -0.3 is 9.73 Å². The zero-order valence-corrected chi connectivity index (χ0v) is 13.0. The number of carbonyl (C=O) groups is 1. The van der Waals surface area contributed by atoms with Crippen molar-refractivity contribution in [2.75, 3.05) is 5.32 Å². The monoisotopic (exact) mass is 344 g/mol. The molecule has 1 heterocycles. The third-order valence-electron chi connectivity index (χ3n) is 2.87. The van der Waals surface area contributed by atoms with Crippen LogP contribution in [0.25, 0.3) is 6.08 Å². The highest BCUT2D eigenvalue weighted by Crippen LogP contribution is 2.17. The van der Waals surface area contributed by atoms with E-state index in [-0.39, 0.29) is 5.57 Å². The number of amides is 1. The van der Waals surface area contributed by atoms with Crippen molar-refractivity contribution >= 4 is 33.6 Å². The van der Waals surface area contributed by atoms with Crippen LogP contribution >= 0.6 is 15.9 Å². The normalized spacial score (nSPS) is 11.0. The maximum absolute atomic E-state index is 12.1. The maximum Gasteiger partial charge on any atom is 0.266 e. The van der Waals surface area contributed by atoms with Crippen molar-refractivity contribution in [1.29, 1.82) is 5.26 Å². The second-order valence-electron chi connectivity index (χ2n) is 4.32. The standard InChI is InChI=1S/C16H13BrN2O2/c1-2-11-3-5-13(6-4-11)19-16(20)12(10-18)9-14-7-8-15(17)21-14/h3-9H,2H2,1H3,(H,19,20)/b12-9+. The number of nitrogens with one attached hydrogen (secondary N) is 1. The van der Waals surface area contributed by atoms with Crippen LogP contribution in [0.2, 0.25) is 0 Å². The molecule has 0 fully saturated rings. The van der Waals surface area contributed by atoms with Gasteiger partial charge in [0.25, 0.3) is 5.91 Å². The summed E-state index contributed by atoms with van der Waals surface area (Å²) in [4.78, 5) is 12.1. The number of nitriles is 1. The topological polar surface area (TPSA) is 66.0 Å². The first-order valence-electron chi connectivity index (χ1n) is 6.40. The second kappa shape index (κ2) is 6.91. The van der Waals surface area contributed by atoms with Crippen LogP contribution in [0.4, 0.5) is 5.69 Å². The average molecular weight is 345 g/mol. The quantitative estimate of drug-likeness (QED) is 0.669. The SMILES string of the molecule is CCc1ccc(NC(=O)/C(C#N)=C/c2ccc(Br)o2)cc1. The molecular formula is C16H13BrN2O2. The van der Waals surface area contributed by atoms with Crippen molar-refractivity contribution in [3.05, 3.63) is 58.0 Å². The van der Waals surface area contributed by atoms with E-state index in [0.717, 1.165) is 6.42 Å². The lowest BCUT2D eigenvalue weighted by atomic mass is 10.1. The van der Waals surface area contributed by atoms with Gasteiger partial charge in [-0.1, -0.05) is 19.1 Å². The Morgan fingerprint density at radius 1 is 1.33 bits per heavy atom. The number of furan rings is 1. The molecule has 0 aliphatic heterocycles. The molecule has 0 radical (unpaired) electrons.